The Bertz CT molecular complexity index is 305. The molecule has 2 rings (SSSR count). The van der Waals surface area contributed by atoms with Crippen molar-refractivity contribution in [1.82, 2.24) is 5.32 Å². The molecule has 1 saturated carbocycles. The number of ether oxygens (including phenoxy) is 1. The van der Waals surface area contributed by atoms with E-state index in [1.165, 1.54) is 31.2 Å². The first-order valence-electron chi connectivity index (χ1n) is 6.17. The topological polar surface area (TPSA) is 34.4 Å². The Balaban J connectivity index is 1.65. The molecule has 0 spiro atoms. The van der Waals surface area contributed by atoms with Crippen LogP contribution in [-0.2, 0) is 17.9 Å². The van der Waals surface area contributed by atoms with E-state index in [4.69, 9.17) is 9.15 Å². The van der Waals surface area contributed by atoms with Crippen LogP contribution in [0.4, 0.5) is 0 Å². The van der Waals surface area contributed by atoms with E-state index in [1.54, 1.807) is 6.26 Å². The summed E-state index contributed by atoms with van der Waals surface area (Å²) in [7, 11) is 1.94. The molecule has 1 aromatic rings. The molecular formula is C13H21NO2. The van der Waals surface area contributed by atoms with Gasteiger partial charge in [0.05, 0.1) is 6.26 Å². The number of furan rings is 1. The van der Waals surface area contributed by atoms with E-state index in [1.807, 2.05) is 13.1 Å². The molecule has 0 unspecified atom stereocenters. The van der Waals surface area contributed by atoms with Gasteiger partial charge in [-0.2, -0.15) is 0 Å². The summed E-state index contributed by atoms with van der Waals surface area (Å²) in [4.78, 5) is 0. The lowest BCUT2D eigenvalue weighted by Gasteiger charge is -2.24. The Morgan fingerprint density at radius 3 is 3.06 bits per heavy atom. The van der Waals surface area contributed by atoms with Gasteiger partial charge >= 0.3 is 0 Å². The number of rotatable bonds is 7. The second-order valence-corrected chi connectivity index (χ2v) is 4.54. The smallest absolute Gasteiger partial charge is 0.133 e. The molecule has 0 aliphatic heterocycles. The minimum Gasteiger partial charge on any atom is -0.467 e. The molecule has 1 fully saturated rings. The van der Waals surface area contributed by atoms with Crippen LogP contribution < -0.4 is 5.32 Å². The molecule has 0 amide bonds. The molecule has 1 N–H and O–H groups in total. The van der Waals surface area contributed by atoms with Crippen LogP contribution in [0.2, 0.25) is 0 Å². The van der Waals surface area contributed by atoms with Gasteiger partial charge in [-0.15, -0.1) is 0 Å². The van der Waals surface area contributed by atoms with E-state index in [9.17, 15) is 0 Å². The van der Waals surface area contributed by atoms with Gasteiger partial charge in [0.25, 0.3) is 0 Å². The highest BCUT2D eigenvalue weighted by molar-refractivity contribution is 5.15. The van der Waals surface area contributed by atoms with Crippen molar-refractivity contribution in [3.63, 3.8) is 0 Å². The van der Waals surface area contributed by atoms with E-state index in [0.717, 1.165) is 24.8 Å². The summed E-state index contributed by atoms with van der Waals surface area (Å²) in [6.07, 6.45) is 7.15. The van der Waals surface area contributed by atoms with Crippen molar-refractivity contribution in [2.75, 3.05) is 13.7 Å². The van der Waals surface area contributed by atoms with Crippen LogP contribution in [0, 0.1) is 5.92 Å². The van der Waals surface area contributed by atoms with E-state index in [0.29, 0.717) is 6.61 Å². The Hall–Kier alpha value is -0.800. The Morgan fingerprint density at radius 1 is 1.50 bits per heavy atom. The highest BCUT2D eigenvalue weighted by Gasteiger charge is 2.16. The van der Waals surface area contributed by atoms with Crippen molar-refractivity contribution < 1.29 is 9.15 Å². The molecule has 3 nitrogen and oxygen atoms in total. The van der Waals surface area contributed by atoms with Crippen molar-refractivity contribution in [3.8, 4) is 0 Å². The van der Waals surface area contributed by atoms with Crippen LogP contribution in [0.15, 0.2) is 16.7 Å². The lowest BCUT2D eigenvalue weighted by Crippen LogP contribution is -2.13. The van der Waals surface area contributed by atoms with Crippen LogP contribution in [0.25, 0.3) is 0 Å². The van der Waals surface area contributed by atoms with Gasteiger partial charge in [0.15, 0.2) is 0 Å². The van der Waals surface area contributed by atoms with Gasteiger partial charge in [-0.25, -0.2) is 0 Å². The third kappa shape index (κ3) is 3.09. The number of nitrogens with one attached hydrogen (secondary N) is 1. The third-order valence-corrected chi connectivity index (χ3v) is 3.33. The molecule has 1 aromatic heterocycles. The zero-order chi connectivity index (χ0) is 11.2. The monoisotopic (exact) mass is 223 g/mol. The molecule has 90 valence electrons. The van der Waals surface area contributed by atoms with Crippen molar-refractivity contribution in [1.29, 1.82) is 0 Å². The minimum absolute atomic E-state index is 0.608. The third-order valence-electron chi connectivity index (χ3n) is 3.33. The van der Waals surface area contributed by atoms with E-state index >= 15 is 0 Å². The SMILES string of the molecule is CNCc1ccoc1COCCC1CCC1. The van der Waals surface area contributed by atoms with Crippen LogP contribution >= 0.6 is 0 Å². The van der Waals surface area contributed by atoms with Crippen LogP contribution in [0.1, 0.15) is 37.0 Å². The second kappa shape index (κ2) is 6.06. The van der Waals surface area contributed by atoms with Gasteiger partial charge in [-0.1, -0.05) is 19.3 Å². The maximum atomic E-state index is 5.65. The standard InChI is InChI=1S/C13H21NO2/c1-14-9-12-6-8-16-13(12)10-15-7-5-11-3-2-4-11/h6,8,11,14H,2-5,7,9-10H2,1H3. The molecule has 0 bridgehead atoms. The summed E-state index contributed by atoms with van der Waals surface area (Å²) in [5, 5.41) is 3.12. The number of hydrogen-bond acceptors (Lipinski definition) is 3. The van der Waals surface area contributed by atoms with E-state index < -0.39 is 0 Å². The maximum absolute atomic E-state index is 5.65. The van der Waals surface area contributed by atoms with Crippen molar-refractivity contribution in [2.24, 2.45) is 5.92 Å². The first-order valence-corrected chi connectivity index (χ1v) is 6.17. The molecule has 0 radical (unpaired) electrons. The first kappa shape index (κ1) is 11.7. The summed E-state index contributed by atoms with van der Waals surface area (Å²) >= 11 is 0. The molecule has 3 heteroatoms. The quantitative estimate of drug-likeness (QED) is 0.722. The Morgan fingerprint density at radius 2 is 2.38 bits per heavy atom. The fraction of sp³-hybridized carbons (Fsp3) is 0.692. The average Bonchev–Trinajstić information content (AvgIpc) is 2.63. The average molecular weight is 223 g/mol. The van der Waals surface area contributed by atoms with E-state index in [-0.39, 0.29) is 0 Å². The summed E-state index contributed by atoms with van der Waals surface area (Å²) in [5.74, 6) is 1.89. The fourth-order valence-electron chi connectivity index (χ4n) is 2.04. The van der Waals surface area contributed by atoms with Gasteiger partial charge in [-0.05, 0) is 25.5 Å². The van der Waals surface area contributed by atoms with Gasteiger partial charge in [-0.3, -0.25) is 0 Å². The van der Waals surface area contributed by atoms with Crippen molar-refractivity contribution in [3.05, 3.63) is 23.7 Å². The second-order valence-electron chi connectivity index (χ2n) is 4.54. The lowest BCUT2D eigenvalue weighted by molar-refractivity contribution is 0.0830. The van der Waals surface area contributed by atoms with Crippen molar-refractivity contribution in [2.45, 2.75) is 38.8 Å². The fourth-order valence-corrected chi connectivity index (χ4v) is 2.04. The number of hydrogen-bond donors (Lipinski definition) is 1. The zero-order valence-corrected chi connectivity index (χ0v) is 10.00. The Labute approximate surface area is 97.2 Å². The van der Waals surface area contributed by atoms with Crippen LogP contribution in [0.5, 0.6) is 0 Å². The summed E-state index contributed by atoms with van der Waals surface area (Å²) in [5.41, 5.74) is 1.20. The molecule has 1 heterocycles. The van der Waals surface area contributed by atoms with Gasteiger partial charge < -0.3 is 14.5 Å². The Kier molecular flexibility index (Phi) is 4.43. The molecule has 16 heavy (non-hydrogen) atoms. The highest BCUT2D eigenvalue weighted by Crippen LogP contribution is 2.29. The first-order chi connectivity index (χ1) is 7.90. The minimum atomic E-state index is 0.608. The normalized spacial score (nSPS) is 16.3. The summed E-state index contributed by atoms with van der Waals surface area (Å²) in [6, 6.07) is 2.00. The van der Waals surface area contributed by atoms with Crippen LogP contribution in [-0.4, -0.2) is 13.7 Å². The van der Waals surface area contributed by atoms with Gasteiger partial charge in [0, 0.05) is 18.7 Å². The summed E-state index contributed by atoms with van der Waals surface area (Å²) < 4.78 is 11.0. The predicted molar refractivity (Wildman–Crippen MR) is 63.1 cm³/mol. The lowest BCUT2D eigenvalue weighted by atomic mass is 9.83. The van der Waals surface area contributed by atoms with Gasteiger partial charge in [0.2, 0.25) is 0 Å². The largest absolute Gasteiger partial charge is 0.467 e. The highest BCUT2D eigenvalue weighted by atomic mass is 16.5. The van der Waals surface area contributed by atoms with Gasteiger partial charge in [0.1, 0.15) is 12.4 Å². The molecule has 0 aromatic carbocycles. The summed E-state index contributed by atoms with van der Waals surface area (Å²) in [6.45, 7) is 2.32. The molecule has 1 aliphatic carbocycles. The van der Waals surface area contributed by atoms with E-state index in [2.05, 4.69) is 5.32 Å². The van der Waals surface area contributed by atoms with Crippen molar-refractivity contribution >= 4 is 0 Å². The zero-order valence-electron chi connectivity index (χ0n) is 10.00. The molecule has 1 aliphatic rings. The molecule has 0 atom stereocenters. The molecular weight excluding hydrogens is 202 g/mol. The predicted octanol–water partition coefficient (Wildman–Crippen LogP) is 2.71. The van der Waals surface area contributed by atoms with Crippen LogP contribution in [0.3, 0.4) is 0 Å². The maximum Gasteiger partial charge on any atom is 0.133 e. The molecule has 0 saturated heterocycles.